The predicted octanol–water partition coefficient (Wildman–Crippen LogP) is 3.06. The third kappa shape index (κ3) is 3.78. The number of hydrogen-bond acceptors (Lipinski definition) is 6. The number of hydrogen-bond donors (Lipinski definition) is 1. The molecule has 1 atom stereocenters. The minimum Gasteiger partial charge on any atom is -0.379 e. The van der Waals surface area contributed by atoms with Gasteiger partial charge in [0, 0.05) is 24.0 Å². The van der Waals surface area contributed by atoms with E-state index in [9.17, 15) is 4.79 Å². The van der Waals surface area contributed by atoms with Gasteiger partial charge in [0.15, 0.2) is 5.82 Å². The zero-order valence-electron chi connectivity index (χ0n) is 18.3. The molecular weight excluding hydrogens is 392 g/mol. The Bertz CT molecular complexity index is 1120. The average molecular weight is 423 g/mol. The van der Waals surface area contributed by atoms with Crippen LogP contribution in [0.25, 0.3) is 10.9 Å². The molecule has 0 spiro atoms. The topological polar surface area (TPSA) is 88.9 Å². The van der Waals surface area contributed by atoms with Gasteiger partial charge in [-0.3, -0.25) is 9.69 Å². The Labute approximate surface area is 181 Å². The van der Waals surface area contributed by atoms with Gasteiger partial charge in [0.05, 0.1) is 24.8 Å². The van der Waals surface area contributed by atoms with E-state index in [1.807, 2.05) is 11.6 Å². The van der Waals surface area contributed by atoms with Crippen molar-refractivity contribution in [1.29, 1.82) is 0 Å². The number of fused-ring (bicyclic) bond motifs is 1. The van der Waals surface area contributed by atoms with Crippen LogP contribution in [0.4, 0.5) is 0 Å². The molecule has 1 aliphatic carbocycles. The van der Waals surface area contributed by atoms with Crippen molar-refractivity contribution in [3.63, 3.8) is 0 Å². The van der Waals surface area contributed by atoms with Crippen molar-refractivity contribution in [1.82, 2.24) is 30.1 Å². The number of benzene rings is 1. The van der Waals surface area contributed by atoms with Crippen LogP contribution < -0.4 is 5.56 Å². The number of tetrazole rings is 1. The molecule has 1 saturated carbocycles. The summed E-state index contributed by atoms with van der Waals surface area (Å²) in [4.78, 5) is 18.8. The van der Waals surface area contributed by atoms with E-state index >= 15 is 0 Å². The fraction of sp³-hybridized carbons (Fsp3) is 0.565. The van der Waals surface area contributed by atoms with E-state index in [2.05, 4.69) is 50.5 Å². The smallest absolute Gasteiger partial charge is 0.253 e. The van der Waals surface area contributed by atoms with Crippen LogP contribution in [0.5, 0.6) is 0 Å². The maximum absolute atomic E-state index is 13.4. The van der Waals surface area contributed by atoms with Crippen LogP contribution in [0.3, 0.4) is 0 Å². The van der Waals surface area contributed by atoms with Gasteiger partial charge in [-0.2, -0.15) is 0 Å². The van der Waals surface area contributed by atoms with Crippen molar-refractivity contribution < 1.29 is 4.74 Å². The van der Waals surface area contributed by atoms with Crippen LogP contribution in [-0.4, -0.2) is 56.4 Å². The molecule has 1 aliphatic heterocycles. The van der Waals surface area contributed by atoms with E-state index in [0.29, 0.717) is 24.8 Å². The Morgan fingerprint density at radius 2 is 1.84 bits per heavy atom. The third-order valence-electron chi connectivity index (χ3n) is 6.86. The first-order valence-electron chi connectivity index (χ1n) is 11.4. The van der Waals surface area contributed by atoms with Gasteiger partial charge in [0.2, 0.25) is 0 Å². The molecule has 0 bridgehead atoms. The van der Waals surface area contributed by atoms with Gasteiger partial charge in [-0.1, -0.05) is 31.4 Å². The van der Waals surface area contributed by atoms with Gasteiger partial charge in [-0.15, -0.1) is 5.10 Å². The molecule has 8 nitrogen and oxygen atoms in total. The largest absolute Gasteiger partial charge is 0.379 e. The van der Waals surface area contributed by atoms with Gasteiger partial charge < -0.3 is 9.72 Å². The second-order valence-corrected chi connectivity index (χ2v) is 8.87. The van der Waals surface area contributed by atoms with Gasteiger partial charge in [0.1, 0.15) is 6.04 Å². The fourth-order valence-electron chi connectivity index (χ4n) is 5.10. The molecule has 0 radical (unpaired) electrons. The Morgan fingerprint density at radius 3 is 2.61 bits per heavy atom. The molecule has 2 aliphatic rings. The highest BCUT2D eigenvalue weighted by molar-refractivity contribution is 5.85. The van der Waals surface area contributed by atoms with Crippen molar-refractivity contribution in [2.75, 3.05) is 26.3 Å². The Hall–Kier alpha value is -2.58. The van der Waals surface area contributed by atoms with Gasteiger partial charge >= 0.3 is 0 Å². The van der Waals surface area contributed by atoms with E-state index in [4.69, 9.17) is 4.74 Å². The number of nitrogens with one attached hydrogen (secondary N) is 1. The lowest BCUT2D eigenvalue weighted by Crippen LogP contribution is -2.42. The zero-order chi connectivity index (χ0) is 21.4. The molecule has 2 aromatic heterocycles. The number of pyridine rings is 1. The molecule has 164 valence electrons. The van der Waals surface area contributed by atoms with E-state index in [-0.39, 0.29) is 11.6 Å². The van der Waals surface area contributed by atoms with Crippen LogP contribution in [0.1, 0.15) is 66.7 Å². The maximum Gasteiger partial charge on any atom is 0.253 e. The summed E-state index contributed by atoms with van der Waals surface area (Å²) in [5.41, 5.74) is 3.75. The zero-order valence-corrected chi connectivity index (χ0v) is 18.3. The van der Waals surface area contributed by atoms with E-state index in [0.717, 1.165) is 53.8 Å². The molecule has 8 heteroatoms. The van der Waals surface area contributed by atoms with Crippen molar-refractivity contribution in [3.05, 3.63) is 51.1 Å². The fourth-order valence-corrected chi connectivity index (χ4v) is 5.10. The first-order chi connectivity index (χ1) is 15.1. The highest BCUT2D eigenvalue weighted by Gasteiger charge is 2.33. The lowest BCUT2D eigenvalue weighted by atomic mass is 9.94. The molecule has 3 heterocycles. The van der Waals surface area contributed by atoms with Gasteiger partial charge in [0.25, 0.3) is 5.56 Å². The van der Waals surface area contributed by atoms with Gasteiger partial charge in [-0.05, 0) is 54.3 Å². The van der Waals surface area contributed by atoms with Crippen molar-refractivity contribution in [2.45, 2.75) is 58.0 Å². The third-order valence-corrected chi connectivity index (χ3v) is 6.86. The van der Waals surface area contributed by atoms with Crippen molar-refractivity contribution in [2.24, 2.45) is 0 Å². The van der Waals surface area contributed by atoms with Crippen LogP contribution in [-0.2, 0) is 4.74 Å². The Morgan fingerprint density at radius 1 is 1.10 bits per heavy atom. The lowest BCUT2D eigenvalue weighted by molar-refractivity contribution is 0.0209. The van der Waals surface area contributed by atoms with Crippen LogP contribution in [0, 0.1) is 13.8 Å². The van der Waals surface area contributed by atoms with E-state index in [1.54, 1.807) is 0 Å². The summed E-state index contributed by atoms with van der Waals surface area (Å²) in [6.45, 7) is 6.88. The quantitative estimate of drug-likeness (QED) is 0.695. The number of aromatic nitrogens is 5. The molecule has 1 N–H and O–H groups in total. The summed E-state index contributed by atoms with van der Waals surface area (Å²) in [6.07, 6.45) is 5.83. The number of morpholine rings is 1. The SMILES string of the molecule is Cc1ccc(C)c2[nH]c(=O)c(C(c3nnnn3C3CCCCC3)N3CCOCC3)cc12. The molecular formula is C23H30N6O2. The first-order valence-corrected chi connectivity index (χ1v) is 11.4. The lowest BCUT2D eigenvalue weighted by Gasteiger charge is -2.34. The van der Waals surface area contributed by atoms with Crippen LogP contribution >= 0.6 is 0 Å². The minimum atomic E-state index is -0.297. The summed E-state index contributed by atoms with van der Waals surface area (Å²) in [5, 5.41) is 14.0. The number of ether oxygens (including phenoxy) is 1. The summed E-state index contributed by atoms with van der Waals surface area (Å²) >= 11 is 0. The number of nitrogens with zero attached hydrogens (tertiary/aromatic N) is 5. The molecule has 1 unspecified atom stereocenters. The normalized spacial score (nSPS) is 19.7. The number of H-pyrrole nitrogens is 1. The standard InChI is InChI=1S/C23H30N6O2/c1-15-8-9-16(2)20-18(15)14-19(23(30)24-20)21(28-10-12-31-13-11-28)22-25-26-27-29(22)17-6-4-3-5-7-17/h8-9,14,17,21H,3-7,10-13H2,1-2H3,(H,24,30). The highest BCUT2D eigenvalue weighted by atomic mass is 16.5. The Kier molecular flexibility index (Phi) is 5.58. The molecule has 0 amide bonds. The summed E-state index contributed by atoms with van der Waals surface area (Å²) in [7, 11) is 0. The van der Waals surface area contributed by atoms with Crippen molar-refractivity contribution in [3.8, 4) is 0 Å². The predicted molar refractivity (Wildman–Crippen MR) is 118 cm³/mol. The first kappa shape index (κ1) is 20.3. The van der Waals surface area contributed by atoms with Crippen molar-refractivity contribution >= 4 is 10.9 Å². The monoisotopic (exact) mass is 422 g/mol. The summed E-state index contributed by atoms with van der Waals surface area (Å²) in [5.74, 6) is 0.768. The molecule has 3 aromatic rings. The summed E-state index contributed by atoms with van der Waals surface area (Å²) in [6, 6.07) is 6.21. The maximum atomic E-state index is 13.4. The molecule has 1 aromatic carbocycles. The second-order valence-electron chi connectivity index (χ2n) is 8.87. The van der Waals surface area contributed by atoms with E-state index < -0.39 is 0 Å². The minimum absolute atomic E-state index is 0.0733. The molecule has 2 fully saturated rings. The molecule has 5 rings (SSSR count). The number of aromatic amines is 1. The molecule has 1 saturated heterocycles. The molecule has 31 heavy (non-hydrogen) atoms. The number of rotatable bonds is 4. The Balaban J connectivity index is 1.66. The summed E-state index contributed by atoms with van der Waals surface area (Å²) < 4.78 is 7.59. The van der Waals surface area contributed by atoms with Crippen LogP contribution in [0.2, 0.25) is 0 Å². The van der Waals surface area contributed by atoms with Gasteiger partial charge in [-0.25, -0.2) is 4.68 Å². The second kappa shape index (κ2) is 8.51. The van der Waals surface area contributed by atoms with E-state index in [1.165, 1.54) is 19.3 Å². The highest BCUT2D eigenvalue weighted by Crippen LogP contribution is 2.33. The number of aryl methyl sites for hydroxylation is 2. The van der Waals surface area contributed by atoms with Crippen LogP contribution in [0.15, 0.2) is 23.0 Å². The average Bonchev–Trinajstić information content (AvgIpc) is 3.28.